The zero-order valence-electron chi connectivity index (χ0n) is 15.4. The highest BCUT2D eigenvalue weighted by Gasteiger charge is 2.23. The lowest BCUT2D eigenvalue weighted by Gasteiger charge is -2.32. The van der Waals surface area contributed by atoms with Crippen molar-refractivity contribution in [1.29, 1.82) is 0 Å². The Morgan fingerprint density at radius 2 is 1.88 bits per heavy atom. The monoisotopic (exact) mass is 340 g/mol. The van der Waals surface area contributed by atoms with Crippen LogP contribution in [0.15, 0.2) is 42.7 Å². The van der Waals surface area contributed by atoms with Crippen LogP contribution in [0.25, 0.3) is 0 Å². The van der Waals surface area contributed by atoms with Gasteiger partial charge in [-0.2, -0.15) is 5.10 Å². The number of benzene rings is 1. The molecule has 3 rings (SSSR count). The molecule has 1 saturated heterocycles. The minimum absolute atomic E-state index is 0.000970. The Labute approximate surface area is 150 Å². The third-order valence-electron chi connectivity index (χ3n) is 4.91. The maximum absolute atomic E-state index is 12.5. The fraction of sp³-hybridized carbons (Fsp3) is 0.500. The molecule has 0 aliphatic carbocycles. The van der Waals surface area contributed by atoms with Gasteiger partial charge in [-0.15, -0.1) is 0 Å². The van der Waals surface area contributed by atoms with Crippen molar-refractivity contribution in [1.82, 2.24) is 14.7 Å². The van der Waals surface area contributed by atoms with Crippen molar-refractivity contribution in [3.63, 3.8) is 0 Å². The Balaban J connectivity index is 1.49. The van der Waals surface area contributed by atoms with E-state index in [4.69, 9.17) is 0 Å². The number of likely N-dealkylation sites (tertiary alicyclic amines) is 1. The van der Waals surface area contributed by atoms with Gasteiger partial charge in [0.2, 0.25) is 0 Å². The van der Waals surface area contributed by atoms with Crippen LogP contribution in [-0.4, -0.2) is 33.8 Å². The number of hydrogen-bond acceptors (Lipinski definition) is 2. The van der Waals surface area contributed by atoms with Crippen LogP contribution in [0.4, 0.5) is 10.5 Å². The van der Waals surface area contributed by atoms with Crippen molar-refractivity contribution in [2.75, 3.05) is 18.4 Å². The van der Waals surface area contributed by atoms with Crippen LogP contribution in [0.5, 0.6) is 0 Å². The van der Waals surface area contributed by atoms with E-state index in [1.807, 2.05) is 40.2 Å². The second kappa shape index (κ2) is 7.30. The average molecular weight is 340 g/mol. The molecule has 0 radical (unpaired) electrons. The third kappa shape index (κ3) is 4.62. The minimum Gasteiger partial charge on any atom is -0.325 e. The first kappa shape index (κ1) is 17.5. The summed E-state index contributed by atoms with van der Waals surface area (Å²) in [5.41, 5.74) is 2.25. The molecule has 0 spiro atoms. The largest absolute Gasteiger partial charge is 0.325 e. The van der Waals surface area contributed by atoms with Crippen LogP contribution in [0, 0.1) is 5.92 Å². The quantitative estimate of drug-likeness (QED) is 0.913. The fourth-order valence-corrected chi connectivity index (χ4v) is 3.25. The summed E-state index contributed by atoms with van der Waals surface area (Å²) in [6.07, 6.45) is 5.86. The summed E-state index contributed by atoms with van der Waals surface area (Å²) in [6, 6.07) is 10.1. The number of aromatic nitrogens is 2. The normalized spacial score (nSPS) is 16.0. The van der Waals surface area contributed by atoms with Gasteiger partial charge in [0, 0.05) is 37.7 Å². The first-order valence-corrected chi connectivity index (χ1v) is 9.06. The van der Waals surface area contributed by atoms with E-state index in [0.717, 1.165) is 38.2 Å². The molecule has 0 bridgehead atoms. The van der Waals surface area contributed by atoms with Gasteiger partial charge >= 0.3 is 6.03 Å². The van der Waals surface area contributed by atoms with Gasteiger partial charge in [-0.3, -0.25) is 4.68 Å². The molecule has 5 nitrogen and oxygen atoms in total. The molecule has 1 aliphatic rings. The van der Waals surface area contributed by atoms with Crippen molar-refractivity contribution in [3.05, 3.63) is 48.3 Å². The molecular formula is C20H28N4O. The molecule has 0 unspecified atom stereocenters. The van der Waals surface area contributed by atoms with Crippen molar-refractivity contribution in [2.45, 2.75) is 45.6 Å². The Bertz CT molecular complexity index is 677. The molecule has 2 amide bonds. The molecule has 0 atom stereocenters. The SMILES string of the molecule is CC(C)(C)c1ccc(NC(=O)N2CCC(Cn3cccn3)CC2)cc1. The van der Waals surface area contributed by atoms with Crippen LogP contribution in [-0.2, 0) is 12.0 Å². The van der Waals surface area contributed by atoms with Crippen molar-refractivity contribution < 1.29 is 4.79 Å². The van der Waals surface area contributed by atoms with E-state index in [1.165, 1.54) is 5.56 Å². The molecule has 134 valence electrons. The Morgan fingerprint density at radius 3 is 2.44 bits per heavy atom. The topological polar surface area (TPSA) is 50.2 Å². The number of anilines is 1. The van der Waals surface area contributed by atoms with E-state index in [1.54, 1.807) is 0 Å². The number of carbonyl (C=O) groups excluding carboxylic acids is 1. The van der Waals surface area contributed by atoms with Gasteiger partial charge in [0.25, 0.3) is 0 Å². The summed E-state index contributed by atoms with van der Waals surface area (Å²) in [7, 11) is 0. The van der Waals surface area contributed by atoms with E-state index in [2.05, 4.69) is 43.3 Å². The highest BCUT2D eigenvalue weighted by molar-refractivity contribution is 5.89. The van der Waals surface area contributed by atoms with Crippen LogP contribution in [0.2, 0.25) is 0 Å². The minimum atomic E-state index is 0.000970. The summed E-state index contributed by atoms with van der Waals surface area (Å²) >= 11 is 0. The number of urea groups is 1. The van der Waals surface area contributed by atoms with Crippen LogP contribution >= 0.6 is 0 Å². The zero-order valence-corrected chi connectivity index (χ0v) is 15.4. The first-order chi connectivity index (χ1) is 11.9. The number of carbonyl (C=O) groups is 1. The molecule has 1 aromatic heterocycles. The Kier molecular flexibility index (Phi) is 5.11. The van der Waals surface area contributed by atoms with Gasteiger partial charge in [-0.1, -0.05) is 32.9 Å². The summed E-state index contributed by atoms with van der Waals surface area (Å²) in [6.45, 7) is 9.11. The van der Waals surface area contributed by atoms with Gasteiger partial charge in [-0.05, 0) is 47.9 Å². The maximum atomic E-state index is 12.5. The fourth-order valence-electron chi connectivity index (χ4n) is 3.25. The second-order valence-electron chi connectivity index (χ2n) is 7.92. The van der Waals surface area contributed by atoms with Crippen molar-refractivity contribution >= 4 is 11.7 Å². The van der Waals surface area contributed by atoms with Crippen molar-refractivity contribution in [2.24, 2.45) is 5.92 Å². The van der Waals surface area contributed by atoms with Gasteiger partial charge in [0.05, 0.1) is 0 Å². The molecule has 1 aromatic carbocycles. The van der Waals surface area contributed by atoms with Gasteiger partial charge in [0.1, 0.15) is 0 Å². The molecule has 1 N–H and O–H groups in total. The van der Waals surface area contributed by atoms with E-state index in [9.17, 15) is 4.79 Å². The van der Waals surface area contributed by atoms with E-state index < -0.39 is 0 Å². The smallest absolute Gasteiger partial charge is 0.321 e. The lowest BCUT2D eigenvalue weighted by atomic mass is 9.87. The molecule has 2 aromatic rings. The molecule has 0 saturated carbocycles. The molecule has 1 fully saturated rings. The lowest BCUT2D eigenvalue weighted by molar-refractivity contribution is 0.175. The predicted octanol–water partition coefficient (Wildman–Crippen LogP) is 4.12. The lowest BCUT2D eigenvalue weighted by Crippen LogP contribution is -2.41. The maximum Gasteiger partial charge on any atom is 0.321 e. The summed E-state index contributed by atoms with van der Waals surface area (Å²) in [5, 5.41) is 7.29. The average Bonchev–Trinajstić information content (AvgIpc) is 3.08. The molecular weight excluding hydrogens is 312 g/mol. The highest BCUT2D eigenvalue weighted by Crippen LogP contribution is 2.24. The Hall–Kier alpha value is -2.30. The second-order valence-corrected chi connectivity index (χ2v) is 7.92. The standard InChI is InChI=1S/C20H28N4O/c1-20(2,3)17-5-7-18(8-6-17)22-19(25)23-13-9-16(10-14-23)15-24-12-4-11-21-24/h4-8,11-12,16H,9-10,13-15H2,1-3H3,(H,22,25). The first-order valence-electron chi connectivity index (χ1n) is 9.06. The summed E-state index contributed by atoms with van der Waals surface area (Å²) in [5.74, 6) is 0.593. The van der Waals surface area contributed by atoms with Gasteiger partial charge in [0.15, 0.2) is 0 Å². The number of piperidine rings is 1. The van der Waals surface area contributed by atoms with Gasteiger partial charge in [-0.25, -0.2) is 4.79 Å². The number of rotatable bonds is 3. The summed E-state index contributed by atoms with van der Waals surface area (Å²) < 4.78 is 1.98. The third-order valence-corrected chi connectivity index (χ3v) is 4.91. The molecule has 5 heteroatoms. The highest BCUT2D eigenvalue weighted by atomic mass is 16.2. The molecule has 2 heterocycles. The number of nitrogens with zero attached hydrogens (tertiary/aromatic N) is 3. The van der Waals surface area contributed by atoms with E-state index in [0.29, 0.717) is 5.92 Å². The van der Waals surface area contributed by atoms with Crippen LogP contribution in [0.1, 0.15) is 39.2 Å². The zero-order chi connectivity index (χ0) is 17.9. The Morgan fingerprint density at radius 1 is 1.20 bits per heavy atom. The predicted molar refractivity (Wildman–Crippen MR) is 101 cm³/mol. The van der Waals surface area contributed by atoms with E-state index in [-0.39, 0.29) is 11.4 Å². The number of nitrogens with one attached hydrogen (secondary N) is 1. The molecule has 1 aliphatic heterocycles. The molecule has 25 heavy (non-hydrogen) atoms. The van der Waals surface area contributed by atoms with Crippen LogP contribution < -0.4 is 5.32 Å². The number of amides is 2. The summed E-state index contributed by atoms with van der Waals surface area (Å²) in [4.78, 5) is 14.4. The van der Waals surface area contributed by atoms with Crippen LogP contribution in [0.3, 0.4) is 0 Å². The van der Waals surface area contributed by atoms with E-state index >= 15 is 0 Å². The van der Waals surface area contributed by atoms with Crippen molar-refractivity contribution in [3.8, 4) is 0 Å². The number of hydrogen-bond donors (Lipinski definition) is 1. The van der Waals surface area contributed by atoms with Gasteiger partial charge < -0.3 is 10.2 Å².